The summed E-state index contributed by atoms with van der Waals surface area (Å²) in [6.45, 7) is 2.33. The molecule has 19 heavy (non-hydrogen) atoms. The maximum atomic E-state index is 5.68. The molecular weight excluding hydrogens is 244 g/mol. The number of hydrogen-bond donors (Lipinski definition) is 1. The van der Waals surface area contributed by atoms with Crippen molar-refractivity contribution in [2.24, 2.45) is 0 Å². The fourth-order valence-corrected chi connectivity index (χ4v) is 1.81. The first kappa shape index (κ1) is 11.4. The van der Waals surface area contributed by atoms with E-state index in [9.17, 15) is 0 Å². The highest BCUT2D eigenvalue weighted by Gasteiger charge is 2.10. The van der Waals surface area contributed by atoms with Crippen LogP contribution in [0.4, 0.5) is 5.95 Å². The highest BCUT2D eigenvalue weighted by molar-refractivity contribution is 5.57. The van der Waals surface area contributed by atoms with Crippen LogP contribution in [0.5, 0.6) is 6.01 Å². The fraction of sp³-hybridized carbons (Fsp3) is 0.167. The van der Waals surface area contributed by atoms with Crippen LogP contribution in [-0.4, -0.2) is 30.9 Å². The molecule has 0 amide bonds. The van der Waals surface area contributed by atoms with Gasteiger partial charge in [0.25, 0.3) is 0 Å². The van der Waals surface area contributed by atoms with Crippen LogP contribution in [0.2, 0.25) is 0 Å². The van der Waals surface area contributed by atoms with Gasteiger partial charge in [0.2, 0.25) is 5.95 Å². The maximum absolute atomic E-state index is 5.68. The Hall–Kier alpha value is -2.70. The molecule has 0 aliphatic heterocycles. The number of ether oxygens (including phenoxy) is 1. The van der Waals surface area contributed by atoms with Gasteiger partial charge in [-0.15, -0.1) is 0 Å². The predicted molar refractivity (Wildman–Crippen MR) is 69.6 cm³/mol. The normalized spacial score (nSPS) is 10.8. The lowest BCUT2D eigenvalue weighted by atomic mass is 10.3. The quantitative estimate of drug-likeness (QED) is 0.756. The third-order valence-electron chi connectivity index (χ3n) is 2.56. The van der Waals surface area contributed by atoms with E-state index in [0.29, 0.717) is 12.4 Å². The van der Waals surface area contributed by atoms with E-state index >= 15 is 0 Å². The summed E-state index contributed by atoms with van der Waals surface area (Å²) < 4.78 is 7.15. The highest BCUT2D eigenvalue weighted by atomic mass is 16.5. The monoisotopic (exact) mass is 256 g/mol. The van der Waals surface area contributed by atoms with Crippen LogP contribution in [0.1, 0.15) is 6.92 Å². The van der Waals surface area contributed by atoms with Crippen molar-refractivity contribution in [3.8, 4) is 17.5 Å². The van der Waals surface area contributed by atoms with Gasteiger partial charge in [0.15, 0.2) is 5.82 Å². The molecular formula is C12H12N6O. The van der Waals surface area contributed by atoms with Crippen molar-refractivity contribution in [1.29, 1.82) is 0 Å². The van der Waals surface area contributed by atoms with Crippen molar-refractivity contribution in [1.82, 2.24) is 24.3 Å². The van der Waals surface area contributed by atoms with Crippen molar-refractivity contribution in [2.75, 3.05) is 12.3 Å². The van der Waals surface area contributed by atoms with Gasteiger partial charge in [0, 0.05) is 12.4 Å². The van der Waals surface area contributed by atoms with Gasteiger partial charge in [-0.3, -0.25) is 4.40 Å². The molecule has 3 aromatic heterocycles. The molecule has 0 aromatic carbocycles. The van der Waals surface area contributed by atoms with E-state index < -0.39 is 0 Å². The SMILES string of the molecule is CCOc1nc(N)nc(-c2cccc3nccn23)n1. The number of anilines is 1. The summed E-state index contributed by atoms with van der Waals surface area (Å²) in [5.41, 5.74) is 7.28. The number of nitrogens with two attached hydrogens (primary N) is 1. The van der Waals surface area contributed by atoms with Crippen LogP contribution in [0, 0.1) is 0 Å². The predicted octanol–water partition coefficient (Wildman–Crippen LogP) is 1.17. The molecule has 3 rings (SSSR count). The minimum absolute atomic E-state index is 0.130. The molecule has 0 unspecified atom stereocenters. The van der Waals surface area contributed by atoms with Gasteiger partial charge in [-0.05, 0) is 19.1 Å². The van der Waals surface area contributed by atoms with Crippen molar-refractivity contribution in [2.45, 2.75) is 6.92 Å². The molecule has 96 valence electrons. The van der Waals surface area contributed by atoms with Gasteiger partial charge in [-0.1, -0.05) is 6.07 Å². The zero-order chi connectivity index (χ0) is 13.2. The standard InChI is InChI=1S/C12H12N6O/c1-2-19-12-16-10(15-11(13)17-12)8-4-3-5-9-14-6-7-18(8)9/h3-7H,2H2,1H3,(H2,13,15,16,17). The second-order valence-electron chi connectivity index (χ2n) is 3.80. The summed E-state index contributed by atoms with van der Waals surface area (Å²) in [5.74, 6) is 0.588. The van der Waals surface area contributed by atoms with Crippen molar-refractivity contribution in [3.63, 3.8) is 0 Å². The summed E-state index contributed by atoms with van der Waals surface area (Å²) in [4.78, 5) is 16.5. The summed E-state index contributed by atoms with van der Waals surface area (Å²) >= 11 is 0. The van der Waals surface area contributed by atoms with Crippen LogP contribution < -0.4 is 10.5 Å². The zero-order valence-electron chi connectivity index (χ0n) is 10.3. The second-order valence-corrected chi connectivity index (χ2v) is 3.80. The van der Waals surface area contributed by atoms with Crippen LogP contribution in [-0.2, 0) is 0 Å². The average molecular weight is 256 g/mol. The summed E-state index contributed by atoms with van der Waals surface area (Å²) in [6.07, 6.45) is 3.55. The van der Waals surface area contributed by atoms with Gasteiger partial charge in [0.1, 0.15) is 5.65 Å². The minimum Gasteiger partial charge on any atom is -0.464 e. The third-order valence-corrected chi connectivity index (χ3v) is 2.56. The molecule has 3 aromatic rings. The first-order chi connectivity index (χ1) is 9.28. The Labute approximate surface area is 109 Å². The first-order valence-electron chi connectivity index (χ1n) is 5.84. The number of aromatic nitrogens is 5. The van der Waals surface area contributed by atoms with E-state index in [1.807, 2.05) is 35.7 Å². The molecule has 7 nitrogen and oxygen atoms in total. The van der Waals surface area contributed by atoms with Gasteiger partial charge < -0.3 is 10.5 Å². The maximum Gasteiger partial charge on any atom is 0.321 e. The molecule has 0 radical (unpaired) electrons. The van der Waals surface area contributed by atoms with Gasteiger partial charge >= 0.3 is 6.01 Å². The Morgan fingerprint density at radius 1 is 1.26 bits per heavy atom. The topological polar surface area (TPSA) is 91.2 Å². The summed E-state index contributed by atoms with van der Waals surface area (Å²) in [5, 5.41) is 0. The Kier molecular flexibility index (Phi) is 2.71. The Bertz CT molecular complexity index is 723. The molecule has 7 heteroatoms. The lowest BCUT2D eigenvalue weighted by Gasteiger charge is -2.06. The summed E-state index contributed by atoms with van der Waals surface area (Å²) in [6, 6.07) is 5.90. The molecule has 0 spiro atoms. The first-order valence-corrected chi connectivity index (χ1v) is 5.84. The summed E-state index contributed by atoms with van der Waals surface area (Å²) in [7, 11) is 0. The van der Waals surface area contributed by atoms with Crippen molar-refractivity contribution in [3.05, 3.63) is 30.6 Å². The van der Waals surface area contributed by atoms with E-state index in [0.717, 1.165) is 11.3 Å². The van der Waals surface area contributed by atoms with E-state index in [1.165, 1.54) is 0 Å². The van der Waals surface area contributed by atoms with Crippen LogP contribution in [0.25, 0.3) is 17.2 Å². The Balaban J connectivity index is 2.18. The van der Waals surface area contributed by atoms with Crippen molar-refractivity contribution < 1.29 is 4.74 Å². The number of nitrogen functional groups attached to an aromatic ring is 1. The van der Waals surface area contributed by atoms with Crippen LogP contribution >= 0.6 is 0 Å². The number of imidazole rings is 1. The highest BCUT2D eigenvalue weighted by Crippen LogP contribution is 2.19. The van der Waals surface area contributed by atoms with E-state index in [2.05, 4.69) is 19.9 Å². The molecule has 0 saturated heterocycles. The number of nitrogens with zero attached hydrogens (tertiary/aromatic N) is 5. The van der Waals surface area contributed by atoms with Gasteiger partial charge in [-0.25, -0.2) is 4.98 Å². The van der Waals surface area contributed by atoms with E-state index in [4.69, 9.17) is 10.5 Å². The largest absolute Gasteiger partial charge is 0.464 e. The zero-order valence-corrected chi connectivity index (χ0v) is 10.3. The van der Waals surface area contributed by atoms with Gasteiger partial charge in [-0.2, -0.15) is 15.0 Å². The molecule has 0 aliphatic carbocycles. The fourth-order valence-electron chi connectivity index (χ4n) is 1.81. The second kappa shape index (κ2) is 4.52. The molecule has 0 aliphatic rings. The Morgan fingerprint density at radius 2 is 2.16 bits per heavy atom. The van der Waals surface area contributed by atoms with Crippen LogP contribution in [0.15, 0.2) is 30.6 Å². The lowest BCUT2D eigenvalue weighted by molar-refractivity contribution is 0.312. The third kappa shape index (κ3) is 2.05. The number of fused-ring (bicyclic) bond motifs is 1. The van der Waals surface area contributed by atoms with E-state index in [1.54, 1.807) is 6.20 Å². The molecule has 2 N–H and O–H groups in total. The molecule has 0 fully saturated rings. The Morgan fingerprint density at radius 3 is 3.00 bits per heavy atom. The lowest BCUT2D eigenvalue weighted by Crippen LogP contribution is -2.06. The van der Waals surface area contributed by atoms with Crippen LogP contribution in [0.3, 0.4) is 0 Å². The molecule has 0 atom stereocenters. The van der Waals surface area contributed by atoms with E-state index in [-0.39, 0.29) is 12.0 Å². The molecule has 0 bridgehead atoms. The average Bonchev–Trinajstić information content (AvgIpc) is 2.86. The smallest absolute Gasteiger partial charge is 0.321 e. The van der Waals surface area contributed by atoms with Crippen molar-refractivity contribution >= 4 is 11.6 Å². The number of rotatable bonds is 3. The van der Waals surface area contributed by atoms with Gasteiger partial charge in [0.05, 0.1) is 12.3 Å². The number of hydrogen-bond acceptors (Lipinski definition) is 6. The molecule has 3 heterocycles. The number of pyridine rings is 1. The molecule has 0 saturated carbocycles. The minimum atomic E-state index is 0.130.